The zero-order valence-electron chi connectivity index (χ0n) is 21.9. The maximum atomic E-state index is 11.3. The second-order valence-corrected chi connectivity index (χ2v) is 10.8. The molecule has 4 aromatic rings. The molecule has 2 heteroatoms. The van der Waals surface area contributed by atoms with Crippen LogP contribution in [0.15, 0.2) is 72.8 Å². The molecule has 0 atom stereocenters. The first-order chi connectivity index (χ1) is 17.3. The minimum atomic E-state index is -0.310. The van der Waals surface area contributed by atoms with Gasteiger partial charge in [0, 0.05) is 16.5 Å². The van der Waals surface area contributed by atoms with Gasteiger partial charge >= 0.3 is 0 Å². The van der Waals surface area contributed by atoms with E-state index in [1.807, 2.05) is 12.1 Å². The van der Waals surface area contributed by atoms with Crippen LogP contribution in [0.4, 0.5) is 0 Å². The average Bonchev–Trinajstić information content (AvgIpc) is 2.83. The maximum absolute atomic E-state index is 11.3. The number of aryl methyl sites for hydroxylation is 4. The molecule has 1 aliphatic carbocycles. The van der Waals surface area contributed by atoms with Crippen molar-refractivity contribution < 1.29 is 10.2 Å². The quantitative estimate of drug-likeness (QED) is 0.309. The Kier molecular flexibility index (Phi) is 6.38. The molecule has 1 aliphatic rings. The molecule has 1 fully saturated rings. The molecule has 1 saturated carbocycles. The summed E-state index contributed by atoms with van der Waals surface area (Å²) in [6.45, 7) is 8.44. The maximum Gasteiger partial charge on any atom is 0.123 e. The molecule has 0 amide bonds. The molecule has 2 N–H and O–H groups in total. The molecule has 0 aromatic heterocycles. The van der Waals surface area contributed by atoms with Crippen molar-refractivity contribution in [2.45, 2.75) is 65.2 Å². The largest absolute Gasteiger partial charge is 0.507 e. The van der Waals surface area contributed by atoms with E-state index >= 15 is 0 Å². The van der Waals surface area contributed by atoms with E-state index in [-0.39, 0.29) is 5.41 Å². The smallest absolute Gasteiger partial charge is 0.123 e. The highest BCUT2D eigenvalue weighted by atomic mass is 16.3. The molecule has 36 heavy (non-hydrogen) atoms. The van der Waals surface area contributed by atoms with E-state index in [0.29, 0.717) is 11.5 Å². The fourth-order valence-corrected chi connectivity index (χ4v) is 6.56. The van der Waals surface area contributed by atoms with Gasteiger partial charge in [0.15, 0.2) is 0 Å². The zero-order chi connectivity index (χ0) is 25.4. The summed E-state index contributed by atoms with van der Waals surface area (Å²) in [7, 11) is 0. The third-order valence-electron chi connectivity index (χ3n) is 7.84. The van der Waals surface area contributed by atoms with Gasteiger partial charge in [-0.15, -0.1) is 0 Å². The van der Waals surface area contributed by atoms with E-state index in [1.165, 1.54) is 28.7 Å². The number of benzene rings is 4. The van der Waals surface area contributed by atoms with Crippen LogP contribution in [0.1, 0.15) is 65.5 Å². The van der Waals surface area contributed by atoms with Crippen LogP contribution in [-0.2, 0) is 5.41 Å². The van der Waals surface area contributed by atoms with E-state index in [4.69, 9.17) is 0 Å². The molecule has 0 radical (unpaired) electrons. The topological polar surface area (TPSA) is 40.5 Å². The molecule has 0 aliphatic heterocycles. The monoisotopic (exact) mass is 476 g/mol. The highest BCUT2D eigenvalue weighted by molar-refractivity contribution is 5.81. The van der Waals surface area contributed by atoms with Crippen molar-refractivity contribution in [2.75, 3.05) is 0 Å². The standard InChI is InChI=1S/C34H36O2/c1-22-16-23(2)19-26(18-22)32-28(10-8-12-30(32)35)34(14-6-5-7-15-34)29-11-9-13-31(36)33(29)27-20-24(3)17-25(4)21-27/h8-13,16-21,35-36H,5-7,14-15H2,1-4H3. The second kappa shape index (κ2) is 9.50. The summed E-state index contributed by atoms with van der Waals surface area (Å²) in [4.78, 5) is 0. The fraction of sp³-hybridized carbons (Fsp3) is 0.294. The minimum Gasteiger partial charge on any atom is -0.507 e. The van der Waals surface area contributed by atoms with Crippen molar-refractivity contribution in [3.05, 3.63) is 106 Å². The highest BCUT2D eigenvalue weighted by Crippen LogP contribution is 2.53. The van der Waals surface area contributed by atoms with Gasteiger partial charge in [-0.1, -0.05) is 102 Å². The zero-order valence-corrected chi connectivity index (χ0v) is 21.9. The van der Waals surface area contributed by atoms with E-state index in [0.717, 1.165) is 59.1 Å². The molecule has 4 aromatic carbocycles. The van der Waals surface area contributed by atoms with E-state index in [9.17, 15) is 10.2 Å². The van der Waals surface area contributed by atoms with Crippen LogP contribution in [0.2, 0.25) is 0 Å². The molecule has 2 nitrogen and oxygen atoms in total. The predicted octanol–water partition coefficient (Wildman–Crippen LogP) is 8.92. The Morgan fingerprint density at radius 2 is 0.917 bits per heavy atom. The molecule has 0 spiro atoms. The Balaban J connectivity index is 1.84. The fourth-order valence-electron chi connectivity index (χ4n) is 6.56. The van der Waals surface area contributed by atoms with Gasteiger partial charge in [-0.05, 0) is 74.9 Å². The predicted molar refractivity (Wildman–Crippen MR) is 150 cm³/mol. The summed E-state index contributed by atoms with van der Waals surface area (Å²) in [5.41, 5.74) is 10.7. The van der Waals surface area contributed by atoms with E-state index in [1.54, 1.807) is 12.1 Å². The van der Waals surface area contributed by atoms with Crippen LogP contribution in [-0.4, -0.2) is 10.2 Å². The van der Waals surface area contributed by atoms with Crippen LogP contribution in [0.25, 0.3) is 22.3 Å². The van der Waals surface area contributed by atoms with Crippen molar-refractivity contribution in [1.82, 2.24) is 0 Å². The molecule has 184 valence electrons. The number of rotatable bonds is 4. The van der Waals surface area contributed by atoms with Crippen LogP contribution in [0.3, 0.4) is 0 Å². The number of phenols is 2. The van der Waals surface area contributed by atoms with Gasteiger partial charge in [0.25, 0.3) is 0 Å². The summed E-state index contributed by atoms with van der Waals surface area (Å²) < 4.78 is 0. The van der Waals surface area contributed by atoms with Crippen molar-refractivity contribution in [2.24, 2.45) is 0 Å². The third kappa shape index (κ3) is 4.30. The van der Waals surface area contributed by atoms with Gasteiger partial charge in [-0.2, -0.15) is 0 Å². The lowest BCUT2D eigenvalue weighted by Crippen LogP contribution is -2.32. The first-order valence-corrected chi connectivity index (χ1v) is 13.1. The highest BCUT2D eigenvalue weighted by Gasteiger charge is 2.40. The summed E-state index contributed by atoms with van der Waals surface area (Å²) in [5, 5.41) is 22.6. The molecular formula is C34H36O2. The molecule has 0 heterocycles. The van der Waals surface area contributed by atoms with E-state index < -0.39 is 0 Å². The number of hydrogen-bond acceptors (Lipinski definition) is 2. The molecular weight excluding hydrogens is 440 g/mol. The van der Waals surface area contributed by atoms with Gasteiger partial charge < -0.3 is 10.2 Å². The Morgan fingerprint density at radius 1 is 0.528 bits per heavy atom. The first kappa shape index (κ1) is 24.2. The van der Waals surface area contributed by atoms with E-state index in [2.05, 4.69) is 76.2 Å². The lowest BCUT2D eigenvalue weighted by atomic mass is 9.62. The molecule has 0 bridgehead atoms. The number of phenolic OH excluding ortho intramolecular Hbond substituents is 2. The summed E-state index contributed by atoms with van der Waals surface area (Å²) in [6.07, 6.45) is 5.40. The van der Waals surface area contributed by atoms with Gasteiger partial charge in [0.2, 0.25) is 0 Å². The molecule has 0 unspecified atom stereocenters. The normalized spacial score (nSPS) is 15.1. The van der Waals surface area contributed by atoms with Gasteiger partial charge in [0.1, 0.15) is 11.5 Å². The summed E-state index contributed by atoms with van der Waals surface area (Å²) in [5.74, 6) is 0.631. The Bertz CT molecular complexity index is 1280. The van der Waals surface area contributed by atoms with Crippen molar-refractivity contribution in [3.8, 4) is 33.8 Å². The lowest BCUT2D eigenvalue weighted by Gasteiger charge is -2.41. The number of aromatic hydroxyl groups is 2. The van der Waals surface area contributed by atoms with Crippen molar-refractivity contribution in [3.63, 3.8) is 0 Å². The van der Waals surface area contributed by atoms with Crippen LogP contribution in [0.5, 0.6) is 11.5 Å². The van der Waals surface area contributed by atoms with Crippen LogP contribution >= 0.6 is 0 Å². The Morgan fingerprint density at radius 3 is 1.31 bits per heavy atom. The van der Waals surface area contributed by atoms with Crippen LogP contribution < -0.4 is 0 Å². The lowest BCUT2D eigenvalue weighted by molar-refractivity contribution is 0.345. The van der Waals surface area contributed by atoms with Gasteiger partial charge in [-0.25, -0.2) is 0 Å². The summed E-state index contributed by atoms with van der Waals surface area (Å²) >= 11 is 0. The number of hydrogen-bond donors (Lipinski definition) is 2. The van der Waals surface area contributed by atoms with Crippen LogP contribution in [0, 0.1) is 27.7 Å². The first-order valence-electron chi connectivity index (χ1n) is 13.1. The Hall–Kier alpha value is -3.52. The SMILES string of the molecule is Cc1cc(C)cc(-c2c(O)cccc2C2(c3cccc(O)c3-c3cc(C)cc(C)c3)CCCCC2)c1. The molecule has 5 rings (SSSR count). The second-order valence-electron chi connectivity index (χ2n) is 10.8. The third-order valence-corrected chi connectivity index (χ3v) is 7.84. The Labute approximate surface area is 215 Å². The van der Waals surface area contributed by atoms with Gasteiger partial charge in [0.05, 0.1) is 0 Å². The minimum absolute atomic E-state index is 0.310. The average molecular weight is 477 g/mol. The van der Waals surface area contributed by atoms with Crippen molar-refractivity contribution in [1.29, 1.82) is 0 Å². The van der Waals surface area contributed by atoms with Crippen molar-refractivity contribution >= 4 is 0 Å². The molecule has 0 saturated heterocycles. The summed E-state index contributed by atoms with van der Waals surface area (Å²) in [6, 6.07) is 25.0. The van der Waals surface area contributed by atoms with Gasteiger partial charge in [-0.3, -0.25) is 0 Å².